The molecule has 3 heterocycles. The number of carbonyl (C=O) groups is 2. The molecule has 0 N–H and O–H groups in total. The van der Waals surface area contributed by atoms with Gasteiger partial charge in [-0.05, 0) is 43.7 Å². The molecule has 2 aromatic carbocycles. The van der Waals surface area contributed by atoms with Gasteiger partial charge in [0.2, 0.25) is 5.91 Å². The Morgan fingerprint density at radius 2 is 1.24 bits per heavy atom. The molecule has 0 unspecified atom stereocenters. The highest BCUT2D eigenvalue weighted by molar-refractivity contribution is 5.96. The lowest BCUT2D eigenvalue weighted by Crippen LogP contribution is -2.54. The molecule has 6 rings (SSSR count). The molecule has 2 aliphatic heterocycles. The van der Waals surface area contributed by atoms with Gasteiger partial charge in [0.15, 0.2) is 0 Å². The summed E-state index contributed by atoms with van der Waals surface area (Å²) < 4.78 is 0. The smallest absolute Gasteiger partial charge is 0.254 e. The summed E-state index contributed by atoms with van der Waals surface area (Å²) in [5, 5.41) is 0. The van der Waals surface area contributed by atoms with Gasteiger partial charge in [0.05, 0.1) is 11.4 Å². The number of hydrogen-bond acceptors (Lipinski definition) is 4. The average molecular weight is 509 g/mol. The highest BCUT2D eigenvalue weighted by Crippen LogP contribution is 2.33. The molecule has 6 nitrogen and oxygen atoms in total. The van der Waals surface area contributed by atoms with Gasteiger partial charge in [0.25, 0.3) is 5.91 Å². The van der Waals surface area contributed by atoms with Crippen molar-refractivity contribution in [2.45, 2.75) is 38.1 Å². The van der Waals surface area contributed by atoms with Crippen molar-refractivity contribution in [1.29, 1.82) is 0 Å². The maximum absolute atomic E-state index is 13.7. The van der Waals surface area contributed by atoms with Crippen LogP contribution < -0.4 is 0 Å². The Kier molecular flexibility index (Phi) is 7.23. The van der Waals surface area contributed by atoms with Gasteiger partial charge in [-0.25, -0.2) is 4.98 Å². The van der Waals surface area contributed by atoms with Crippen molar-refractivity contribution in [1.82, 2.24) is 19.7 Å². The number of pyridine rings is 1. The van der Waals surface area contributed by atoms with Crippen molar-refractivity contribution < 1.29 is 9.59 Å². The molecule has 0 atom stereocenters. The van der Waals surface area contributed by atoms with E-state index in [9.17, 15) is 9.59 Å². The molecule has 2 saturated heterocycles. The van der Waals surface area contributed by atoms with Gasteiger partial charge >= 0.3 is 0 Å². The van der Waals surface area contributed by atoms with Crippen molar-refractivity contribution in [2.75, 3.05) is 39.3 Å². The van der Waals surface area contributed by atoms with Gasteiger partial charge < -0.3 is 9.80 Å². The van der Waals surface area contributed by atoms with Crippen LogP contribution in [0.2, 0.25) is 0 Å². The van der Waals surface area contributed by atoms with Gasteiger partial charge in [0.1, 0.15) is 0 Å². The van der Waals surface area contributed by atoms with Crippen LogP contribution in [-0.2, 0) is 4.79 Å². The zero-order valence-electron chi connectivity index (χ0n) is 22.0. The molecule has 3 aliphatic rings. The molecule has 3 fully saturated rings. The summed E-state index contributed by atoms with van der Waals surface area (Å²) in [4.78, 5) is 37.7. The zero-order valence-corrected chi connectivity index (χ0v) is 22.0. The minimum atomic E-state index is 0.0712. The molecule has 0 bridgehead atoms. The minimum absolute atomic E-state index is 0.0712. The minimum Gasteiger partial charge on any atom is -0.343 e. The Balaban J connectivity index is 1.11. The Morgan fingerprint density at radius 1 is 0.684 bits per heavy atom. The van der Waals surface area contributed by atoms with Crippen LogP contribution in [0.5, 0.6) is 0 Å². The normalized spacial score (nSPS) is 18.9. The van der Waals surface area contributed by atoms with Crippen LogP contribution in [-0.4, -0.2) is 76.8 Å². The SMILES string of the molecule is O=C(CC1CC1)N1CCC(N2CCN(C(=O)c3cc(-c4ccccc4)nc(-c4ccccc4)c3)CC2)CC1. The largest absolute Gasteiger partial charge is 0.343 e. The monoisotopic (exact) mass is 508 g/mol. The van der Waals surface area contributed by atoms with E-state index in [2.05, 4.69) is 9.80 Å². The summed E-state index contributed by atoms with van der Waals surface area (Å²) in [7, 11) is 0. The van der Waals surface area contributed by atoms with E-state index in [0.29, 0.717) is 23.4 Å². The third kappa shape index (κ3) is 5.65. The molecule has 0 radical (unpaired) electrons. The van der Waals surface area contributed by atoms with Crippen molar-refractivity contribution in [3.05, 3.63) is 78.4 Å². The third-order valence-electron chi connectivity index (χ3n) is 8.31. The fourth-order valence-corrected chi connectivity index (χ4v) is 5.82. The Hall–Kier alpha value is -3.51. The number of hydrogen-bond donors (Lipinski definition) is 0. The second-order valence-corrected chi connectivity index (χ2v) is 10.9. The second kappa shape index (κ2) is 11.1. The van der Waals surface area contributed by atoms with Crippen LogP contribution in [0, 0.1) is 5.92 Å². The number of likely N-dealkylation sites (tertiary alicyclic amines) is 1. The summed E-state index contributed by atoms with van der Waals surface area (Å²) in [5.41, 5.74) is 4.33. The van der Waals surface area contributed by atoms with E-state index in [1.54, 1.807) is 0 Å². The highest BCUT2D eigenvalue weighted by Gasteiger charge is 2.32. The molecule has 0 spiro atoms. The Morgan fingerprint density at radius 3 is 1.76 bits per heavy atom. The summed E-state index contributed by atoms with van der Waals surface area (Å²) in [6, 6.07) is 24.5. The van der Waals surface area contributed by atoms with Gasteiger partial charge in [-0.15, -0.1) is 0 Å². The molecule has 2 amide bonds. The molecular formula is C32H36N4O2. The van der Waals surface area contributed by atoms with Crippen LogP contribution in [0.3, 0.4) is 0 Å². The van der Waals surface area contributed by atoms with E-state index in [4.69, 9.17) is 4.98 Å². The molecule has 38 heavy (non-hydrogen) atoms. The molecular weight excluding hydrogens is 472 g/mol. The maximum atomic E-state index is 13.7. The molecule has 3 aromatic rings. The average Bonchev–Trinajstić information content (AvgIpc) is 3.81. The first-order chi connectivity index (χ1) is 18.6. The van der Waals surface area contributed by atoms with E-state index < -0.39 is 0 Å². The standard InChI is InChI=1S/C32H36N4O2/c37-31(21-24-11-12-24)35-15-13-28(14-16-35)34-17-19-36(20-18-34)32(38)27-22-29(25-7-3-1-4-8-25)33-30(23-27)26-9-5-2-6-10-26/h1-10,22-24,28H,11-21H2. The van der Waals surface area contributed by atoms with Crippen molar-refractivity contribution in [3.8, 4) is 22.5 Å². The van der Waals surface area contributed by atoms with Crippen LogP contribution in [0.1, 0.15) is 42.5 Å². The zero-order chi connectivity index (χ0) is 25.9. The fraction of sp³-hybridized carbons (Fsp3) is 0.406. The number of rotatable bonds is 6. The molecule has 6 heteroatoms. The van der Waals surface area contributed by atoms with E-state index >= 15 is 0 Å². The summed E-state index contributed by atoms with van der Waals surface area (Å²) in [6.45, 7) is 4.96. The topological polar surface area (TPSA) is 56.8 Å². The lowest BCUT2D eigenvalue weighted by Gasteiger charge is -2.42. The Labute approximate surface area is 225 Å². The number of carbonyl (C=O) groups excluding carboxylic acids is 2. The first kappa shape index (κ1) is 24.8. The maximum Gasteiger partial charge on any atom is 0.254 e. The van der Waals surface area contributed by atoms with Crippen LogP contribution in [0.25, 0.3) is 22.5 Å². The third-order valence-corrected chi connectivity index (χ3v) is 8.31. The fourth-order valence-electron chi connectivity index (χ4n) is 5.82. The Bertz CT molecular complexity index is 1200. The summed E-state index contributed by atoms with van der Waals surface area (Å²) in [6.07, 6.45) is 5.28. The summed E-state index contributed by atoms with van der Waals surface area (Å²) in [5.74, 6) is 1.07. The predicted octanol–water partition coefficient (Wildman–Crippen LogP) is 4.96. The lowest BCUT2D eigenvalue weighted by atomic mass is 10.0. The number of benzene rings is 2. The predicted molar refractivity (Wildman–Crippen MR) is 150 cm³/mol. The van der Waals surface area contributed by atoms with Crippen LogP contribution in [0.4, 0.5) is 0 Å². The van der Waals surface area contributed by atoms with Gasteiger partial charge in [0, 0.05) is 68.4 Å². The molecule has 196 valence electrons. The molecule has 1 aliphatic carbocycles. The van der Waals surface area contributed by atoms with E-state index in [1.807, 2.05) is 77.7 Å². The van der Waals surface area contributed by atoms with Crippen LogP contribution in [0.15, 0.2) is 72.8 Å². The number of nitrogens with zero attached hydrogens (tertiary/aromatic N) is 4. The first-order valence-corrected chi connectivity index (χ1v) is 14.1. The van der Waals surface area contributed by atoms with E-state index in [1.165, 1.54) is 12.8 Å². The summed E-state index contributed by atoms with van der Waals surface area (Å²) >= 11 is 0. The molecule has 1 aromatic heterocycles. The second-order valence-electron chi connectivity index (χ2n) is 10.9. The van der Waals surface area contributed by atoms with Crippen molar-refractivity contribution in [3.63, 3.8) is 0 Å². The lowest BCUT2D eigenvalue weighted by molar-refractivity contribution is -0.133. The number of piperidine rings is 1. The number of piperazine rings is 1. The van der Waals surface area contributed by atoms with Gasteiger partial charge in [-0.2, -0.15) is 0 Å². The van der Waals surface area contributed by atoms with Gasteiger partial charge in [-0.1, -0.05) is 60.7 Å². The van der Waals surface area contributed by atoms with Crippen molar-refractivity contribution >= 4 is 11.8 Å². The highest BCUT2D eigenvalue weighted by atomic mass is 16.2. The van der Waals surface area contributed by atoms with Gasteiger partial charge in [-0.3, -0.25) is 14.5 Å². The number of amides is 2. The van der Waals surface area contributed by atoms with E-state index in [-0.39, 0.29) is 5.91 Å². The first-order valence-electron chi connectivity index (χ1n) is 14.1. The van der Waals surface area contributed by atoms with E-state index in [0.717, 1.165) is 81.0 Å². The van der Waals surface area contributed by atoms with Crippen molar-refractivity contribution in [2.24, 2.45) is 5.92 Å². The molecule has 1 saturated carbocycles. The quantitative estimate of drug-likeness (QED) is 0.472. The number of aromatic nitrogens is 1. The van der Waals surface area contributed by atoms with Crippen LogP contribution >= 0.6 is 0 Å².